The highest BCUT2D eigenvalue weighted by atomic mass is 35.5. The number of aromatic nitrogens is 4. The Bertz CT molecular complexity index is 795. The van der Waals surface area contributed by atoms with E-state index >= 15 is 0 Å². The number of nitrogens with zero attached hydrogens (tertiary/aromatic N) is 3. The Hall–Kier alpha value is -2.34. The molecule has 2 aromatic heterocycles. The van der Waals surface area contributed by atoms with Crippen molar-refractivity contribution in [3.8, 4) is 0 Å². The molecular formula is C13H12ClN5O. The van der Waals surface area contributed by atoms with Gasteiger partial charge >= 0.3 is 0 Å². The van der Waals surface area contributed by atoms with Crippen molar-refractivity contribution in [2.24, 2.45) is 0 Å². The van der Waals surface area contributed by atoms with Gasteiger partial charge < -0.3 is 10.7 Å². The lowest BCUT2D eigenvalue weighted by molar-refractivity contribution is 0.643. The standard InChI is InChI=1S/C13H12ClN5O/c14-9(6-8-4-2-1-3-5-8)19-12(20)10-11(17-7-16-10)18-13(19)15/h1-5,7,9H,6H2,(H2,15,18)(H,16,17). The maximum Gasteiger partial charge on any atom is 0.282 e. The molecule has 0 spiro atoms. The first-order valence-corrected chi connectivity index (χ1v) is 6.49. The van der Waals surface area contributed by atoms with Crippen LogP contribution in [0.25, 0.3) is 11.2 Å². The maximum atomic E-state index is 12.3. The van der Waals surface area contributed by atoms with Crippen molar-refractivity contribution < 1.29 is 0 Å². The van der Waals surface area contributed by atoms with E-state index in [4.69, 9.17) is 17.3 Å². The minimum Gasteiger partial charge on any atom is -0.369 e. The molecule has 2 heterocycles. The summed E-state index contributed by atoms with van der Waals surface area (Å²) in [4.78, 5) is 23.1. The number of alkyl halides is 1. The molecule has 0 fully saturated rings. The van der Waals surface area contributed by atoms with E-state index in [1.54, 1.807) is 0 Å². The third-order valence-electron chi connectivity index (χ3n) is 3.05. The molecule has 0 aliphatic carbocycles. The topological polar surface area (TPSA) is 89.6 Å². The van der Waals surface area contributed by atoms with E-state index in [2.05, 4.69) is 15.0 Å². The predicted octanol–water partition coefficient (Wildman–Crippen LogP) is 1.68. The van der Waals surface area contributed by atoms with Crippen LogP contribution in [-0.2, 0) is 6.42 Å². The van der Waals surface area contributed by atoms with Crippen LogP contribution in [-0.4, -0.2) is 19.5 Å². The number of imidazole rings is 1. The zero-order valence-electron chi connectivity index (χ0n) is 10.5. The first-order valence-electron chi connectivity index (χ1n) is 6.06. The second kappa shape index (κ2) is 4.97. The second-order valence-electron chi connectivity index (χ2n) is 4.37. The van der Waals surface area contributed by atoms with Crippen LogP contribution in [0.4, 0.5) is 5.95 Å². The van der Waals surface area contributed by atoms with Gasteiger partial charge in [0.25, 0.3) is 5.56 Å². The van der Waals surface area contributed by atoms with Gasteiger partial charge in [-0.15, -0.1) is 0 Å². The van der Waals surface area contributed by atoms with E-state index in [1.807, 2.05) is 30.3 Å². The monoisotopic (exact) mass is 289 g/mol. The number of halogens is 1. The number of fused-ring (bicyclic) bond motifs is 1. The minimum atomic E-state index is -0.606. The lowest BCUT2D eigenvalue weighted by Gasteiger charge is -2.14. The van der Waals surface area contributed by atoms with Crippen LogP contribution in [0.1, 0.15) is 11.1 Å². The summed E-state index contributed by atoms with van der Waals surface area (Å²) < 4.78 is 1.27. The number of rotatable bonds is 3. The summed E-state index contributed by atoms with van der Waals surface area (Å²) in [6.45, 7) is 0. The summed E-state index contributed by atoms with van der Waals surface area (Å²) in [5.41, 5.74) is 6.51. The molecule has 1 unspecified atom stereocenters. The van der Waals surface area contributed by atoms with Gasteiger partial charge in [-0.05, 0) is 5.56 Å². The summed E-state index contributed by atoms with van der Waals surface area (Å²) in [6, 6.07) is 9.64. The summed E-state index contributed by atoms with van der Waals surface area (Å²) >= 11 is 6.33. The Kier molecular flexibility index (Phi) is 3.15. The highest BCUT2D eigenvalue weighted by Gasteiger charge is 2.17. The maximum absolute atomic E-state index is 12.3. The zero-order chi connectivity index (χ0) is 14.1. The Morgan fingerprint density at radius 1 is 1.35 bits per heavy atom. The summed E-state index contributed by atoms with van der Waals surface area (Å²) in [5.74, 6) is 0.0607. The number of anilines is 1. The fourth-order valence-corrected chi connectivity index (χ4v) is 2.45. The van der Waals surface area contributed by atoms with Crippen molar-refractivity contribution in [2.75, 3.05) is 5.73 Å². The number of benzene rings is 1. The molecule has 1 atom stereocenters. The predicted molar refractivity (Wildman–Crippen MR) is 77.6 cm³/mol. The largest absolute Gasteiger partial charge is 0.369 e. The van der Waals surface area contributed by atoms with Crippen LogP contribution >= 0.6 is 11.6 Å². The normalized spacial score (nSPS) is 12.7. The number of hydrogen-bond acceptors (Lipinski definition) is 4. The van der Waals surface area contributed by atoms with Crippen molar-refractivity contribution >= 4 is 28.7 Å². The Morgan fingerprint density at radius 2 is 2.10 bits per heavy atom. The van der Waals surface area contributed by atoms with Gasteiger partial charge in [0.05, 0.1) is 6.33 Å². The fourth-order valence-electron chi connectivity index (χ4n) is 2.09. The van der Waals surface area contributed by atoms with Crippen molar-refractivity contribution in [1.29, 1.82) is 0 Å². The van der Waals surface area contributed by atoms with Gasteiger partial charge in [0, 0.05) is 6.42 Å². The molecule has 0 saturated heterocycles. The first kappa shape index (κ1) is 12.7. The highest BCUT2D eigenvalue weighted by Crippen LogP contribution is 2.20. The number of H-pyrrole nitrogens is 1. The zero-order valence-corrected chi connectivity index (χ0v) is 11.2. The van der Waals surface area contributed by atoms with E-state index in [9.17, 15) is 4.79 Å². The number of aromatic amines is 1. The van der Waals surface area contributed by atoms with Gasteiger partial charge in [-0.3, -0.25) is 9.36 Å². The molecule has 0 saturated carbocycles. The van der Waals surface area contributed by atoms with Crippen LogP contribution < -0.4 is 11.3 Å². The SMILES string of the molecule is Nc1nc2nc[nH]c2c(=O)n1C(Cl)Cc1ccccc1. The van der Waals surface area contributed by atoms with Crippen LogP contribution in [0.5, 0.6) is 0 Å². The highest BCUT2D eigenvalue weighted by molar-refractivity contribution is 6.19. The van der Waals surface area contributed by atoms with E-state index < -0.39 is 5.50 Å². The van der Waals surface area contributed by atoms with Gasteiger partial charge in [-0.2, -0.15) is 4.98 Å². The van der Waals surface area contributed by atoms with Gasteiger partial charge in [0.15, 0.2) is 11.2 Å². The molecule has 0 radical (unpaired) electrons. The average Bonchev–Trinajstić information content (AvgIpc) is 2.88. The fraction of sp³-hybridized carbons (Fsp3) is 0.154. The summed E-state index contributed by atoms with van der Waals surface area (Å²) in [7, 11) is 0. The molecule has 7 heteroatoms. The van der Waals surface area contributed by atoms with E-state index in [1.165, 1.54) is 10.9 Å². The van der Waals surface area contributed by atoms with Crippen LogP contribution in [0.2, 0.25) is 0 Å². The molecule has 0 aliphatic heterocycles. The first-order chi connectivity index (χ1) is 9.66. The molecule has 1 aromatic carbocycles. The summed E-state index contributed by atoms with van der Waals surface area (Å²) in [5, 5.41) is 0. The molecule has 3 aromatic rings. The molecule has 0 bridgehead atoms. The lowest BCUT2D eigenvalue weighted by atomic mass is 10.1. The smallest absolute Gasteiger partial charge is 0.282 e. The molecule has 6 nitrogen and oxygen atoms in total. The van der Waals surface area contributed by atoms with Crippen LogP contribution in [0, 0.1) is 0 Å². The molecule has 0 aliphatic rings. The number of nitrogens with two attached hydrogens (primary N) is 1. The van der Waals surface area contributed by atoms with E-state index in [0.717, 1.165) is 5.56 Å². The van der Waals surface area contributed by atoms with Crippen LogP contribution in [0.3, 0.4) is 0 Å². The minimum absolute atomic E-state index is 0.0607. The molecule has 102 valence electrons. The Labute approximate surface area is 119 Å². The van der Waals surface area contributed by atoms with Crippen molar-refractivity contribution in [3.05, 3.63) is 52.6 Å². The molecule has 0 amide bonds. The van der Waals surface area contributed by atoms with Crippen molar-refractivity contribution in [3.63, 3.8) is 0 Å². The van der Waals surface area contributed by atoms with E-state index in [-0.39, 0.29) is 11.5 Å². The third-order valence-corrected chi connectivity index (χ3v) is 3.40. The second-order valence-corrected chi connectivity index (χ2v) is 4.87. The molecule has 3 N–H and O–H groups in total. The van der Waals surface area contributed by atoms with E-state index in [0.29, 0.717) is 17.6 Å². The van der Waals surface area contributed by atoms with Gasteiger partial charge in [-0.25, -0.2) is 4.98 Å². The quantitative estimate of drug-likeness (QED) is 0.718. The van der Waals surface area contributed by atoms with Gasteiger partial charge in [0.1, 0.15) is 5.50 Å². The number of nitrogen functional groups attached to an aromatic ring is 1. The van der Waals surface area contributed by atoms with Crippen LogP contribution in [0.15, 0.2) is 41.5 Å². The average molecular weight is 290 g/mol. The molecule has 20 heavy (non-hydrogen) atoms. The number of nitrogens with one attached hydrogen (secondary N) is 1. The van der Waals surface area contributed by atoms with Crippen molar-refractivity contribution in [2.45, 2.75) is 11.9 Å². The van der Waals surface area contributed by atoms with Gasteiger partial charge in [-0.1, -0.05) is 41.9 Å². The molecule has 3 rings (SSSR count). The number of hydrogen-bond donors (Lipinski definition) is 2. The lowest BCUT2D eigenvalue weighted by Crippen LogP contribution is -2.27. The van der Waals surface area contributed by atoms with Crippen molar-refractivity contribution in [1.82, 2.24) is 19.5 Å². The Balaban J connectivity index is 2.03. The third kappa shape index (κ3) is 2.14. The Morgan fingerprint density at radius 3 is 2.85 bits per heavy atom. The summed E-state index contributed by atoms with van der Waals surface area (Å²) in [6.07, 6.45) is 1.89. The molecular weight excluding hydrogens is 278 g/mol. The van der Waals surface area contributed by atoms with Gasteiger partial charge in [0.2, 0.25) is 5.95 Å².